The summed E-state index contributed by atoms with van der Waals surface area (Å²) in [5.41, 5.74) is 4.51. The summed E-state index contributed by atoms with van der Waals surface area (Å²) in [5, 5.41) is 8.69. The zero-order valence-corrected chi connectivity index (χ0v) is 9.95. The molecule has 0 spiro atoms. The Hall–Kier alpha value is -2.73. The molecule has 3 aromatic rings. The lowest BCUT2D eigenvalue weighted by atomic mass is 10.2. The van der Waals surface area contributed by atoms with Crippen molar-refractivity contribution in [2.24, 2.45) is 5.84 Å². The summed E-state index contributed by atoms with van der Waals surface area (Å²) in [6, 6.07) is 14.7. The Bertz CT molecular complexity index is 735. The van der Waals surface area contributed by atoms with Crippen molar-refractivity contribution in [3.8, 4) is 5.69 Å². The molecule has 1 amide bonds. The summed E-state index contributed by atoms with van der Waals surface area (Å²) in [6.07, 6.45) is 0. The van der Waals surface area contributed by atoms with Crippen LogP contribution in [0.5, 0.6) is 0 Å². The number of carbonyl (C=O) groups is 1. The van der Waals surface area contributed by atoms with Crippen LogP contribution < -0.4 is 11.3 Å². The second-order valence-electron chi connectivity index (χ2n) is 3.97. The molecule has 0 bridgehead atoms. The van der Waals surface area contributed by atoms with E-state index in [4.69, 9.17) is 5.84 Å². The van der Waals surface area contributed by atoms with Crippen molar-refractivity contribution in [2.45, 2.75) is 0 Å². The number of aromatic nitrogens is 3. The molecule has 0 radical (unpaired) electrons. The van der Waals surface area contributed by atoms with Gasteiger partial charge in [0.25, 0.3) is 5.91 Å². The number of amides is 1. The zero-order valence-electron chi connectivity index (χ0n) is 9.95. The minimum Gasteiger partial charge on any atom is -0.290 e. The van der Waals surface area contributed by atoms with Crippen LogP contribution in [0.15, 0.2) is 48.5 Å². The molecule has 0 atom stereocenters. The SMILES string of the molecule is NNC(=O)c1cccc2nn(-c3ccccc3)nc12. The van der Waals surface area contributed by atoms with Gasteiger partial charge in [-0.2, -0.15) is 4.80 Å². The molecule has 0 fully saturated rings. The van der Waals surface area contributed by atoms with Crippen molar-refractivity contribution in [2.75, 3.05) is 0 Å². The van der Waals surface area contributed by atoms with E-state index in [-0.39, 0.29) is 5.91 Å². The van der Waals surface area contributed by atoms with Gasteiger partial charge in [0.1, 0.15) is 11.0 Å². The molecule has 0 aliphatic carbocycles. The molecule has 3 rings (SSSR count). The van der Waals surface area contributed by atoms with E-state index in [1.165, 1.54) is 4.80 Å². The van der Waals surface area contributed by atoms with E-state index in [0.717, 1.165) is 5.69 Å². The van der Waals surface area contributed by atoms with Crippen LogP contribution in [0.25, 0.3) is 16.7 Å². The van der Waals surface area contributed by atoms with E-state index in [9.17, 15) is 4.79 Å². The second kappa shape index (κ2) is 4.51. The Morgan fingerprint density at radius 2 is 1.84 bits per heavy atom. The van der Waals surface area contributed by atoms with E-state index >= 15 is 0 Å². The third kappa shape index (κ3) is 1.94. The van der Waals surface area contributed by atoms with Gasteiger partial charge in [-0.1, -0.05) is 24.3 Å². The number of carbonyl (C=O) groups excluding carboxylic acids is 1. The molecule has 3 N–H and O–H groups in total. The van der Waals surface area contributed by atoms with Crippen molar-refractivity contribution in [3.05, 3.63) is 54.1 Å². The summed E-state index contributed by atoms with van der Waals surface area (Å²) in [4.78, 5) is 13.2. The normalized spacial score (nSPS) is 10.6. The molecule has 0 aliphatic heterocycles. The van der Waals surface area contributed by atoms with Crippen molar-refractivity contribution >= 4 is 16.9 Å². The molecule has 6 heteroatoms. The number of nitrogens with one attached hydrogen (secondary N) is 1. The van der Waals surface area contributed by atoms with E-state index in [2.05, 4.69) is 15.6 Å². The smallest absolute Gasteiger partial charge is 0.267 e. The predicted octanol–water partition coefficient (Wildman–Crippen LogP) is 1.02. The van der Waals surface area contributed by atoms with Crippen molar-refractivity contribution in [1.29, 1.82) is 0 Å². The highest BCUT2D eigenvalue weighted by Crippen LogP contribution is 2.16. The first-order chi connectivity index (χ1) is 9.29. The summed E-state index contributed by atoms with van der Waals surface area (Å²) < 4.78 is 0. The molecular weight excluding hydrogens is 242 g/mol. The largest absolute Gasteiger partial charge is 0.290 e. The lowest BCUT2D eigenvalue weighted by Crippen LogP contribution is -2.30. The summed E-state index contributed by atoms with van der Waals surface area (Å²) in [5.74, 6) is 4.77. The first-order valence-corrected chi connectivity index (χ1v) is 5.72. The van der Waals surface area contributed by atoms with Crippen LogP contribution in [0.4, 0.5) is 0 Å². The molecule has 6 nitrogen and oxygen atoms in total. The fraction of sp³-hybridized carbons (Fsp3) is 0. The highest BCUT2D eigenvalue weighted by Gasteiger charge is 2.13. The molecule has 19 heavy (non-hydrogen) atoms. The minimum atomic E-state index is -0.384. The number of hydrazine groups is 1. The lowest BCUT2D eigenvalue weighted by molar-refractivity contribution is 0.0955. The lowest BCUT2D eigenvalue weighted by Gasteiger charge is -1.98. The number of hydrogen-bond acceptors (Lipinski definition) is 4. The molecule has 2 aromatic carbocycles. The van der Waals surface area contributed by atoms with Gasteiger partial charge < -0.3 is 0 Å². The van der Waals surface area contributed by atoms with Crippen molar-refractivity contribution in [1.82, 2.24) is 20.4 Å². The van der Waals surface area contributed by atoms with Crippen LogP contribution >= 0.6 is 0 Å². The fourth-order valence-corrected chi connectivity index (χ4v) is 1.87. The summed E-state index contributed by atoms with van der Waals surface area (Å²) >= 11 is 0. The zero-order chi connectivity index (χ0) is 13.2. The third-order valence-electron chi connectivity index (χ3n) is 2.77. The Balaban J connectivity index is 2.19. The Kier molecular flexibility index (Phi) is 2.70. The van der Waals surface area contributed by atoms with Gasteiger partial charge in [0.05, 0.1) is 11.3 Å². The highest BCUT2D eigenvalue weighted by molar-refractivity contribution is 6.04. The van der Waals surface area contributed by atoms with Gasteiger partial charge in [0.15, 0.2) is 0 Å². The Morgan fingerprint density at radius 1 is 1.05 bits per heavy atom. The molecule has 94 valence electrons. The van der Waals surface area contributed by atoms with E-state index < -0.39 is 0 Å². The van der Waals surface area contributed by atoms with Gasteiger partial charge in [-0.3, -0.25) is 10.2 Å². The first-order valence-electron chi connectivity index (χ1n) is 5.72. The number of nitrogens with two attached hydrogens (primary N) is 1. The maximum Gasteiger partial charge on any atom is 0.267 e. The molecule has 0 saturated heterocycles. The number of nitrogens with zero attached hydrogens (tertiary/aromatic N) is 3. The van der Waals surface area contributed by atoms with Gasteiger partial charge in [0.2, 0.25) is 0 Å². The molecule has 0 aliphatic rings. The van der Waals surface area contributed by atoms with Crippen LogP contribution in [0.1, 0.15) is 10.4 Å². The van der Waals surface area contributed by atoms with E-state index in [1.807, 2.05) is 30.3 Å². The number of rotatable bonds is 2. The van der Waals surface area contributed by atoms with Gasteiger partial charge >= 0.3 is 0 Å². The van der Waals surface area contributed by atoms with Crippen LogP contribution in [-0.2, 0) is 0 Å². The Morgan fingerprint density at radius 3 is 2.58 bits per heavy atom. The predicted molar refractivity (Wildman–Crippen MR) is 70.5 cm³/mol. The quantitative estimate of drug-likeness (QED) is 0.405. The van der Waals surface area contributed by atoms with Gasteiger partial charge in [-0.25, -0.2) is 5.84 Å². The van der Waals surface area contributed by atoms with Gasteiger partial charge in [-0.15, -0.1) is 10.2 Å². The molecular formula is C13H11N5O. The van der Waals surface area contributed by atoms with E-state index in [0.29, 0.717) is 16.6 Å². The highest BCUT2D eigenvalue weighted by atomic mass is 16.2. The van der Waals surface area contributed by atoms with Crippen molar-refractivity contribution < 1.29 is 4.79 Å². The van der Waals surface area contributed by atoms with Crippen LogP contribution in [0, 0.1) is 0 Å². The summed E-state index contributed by atoms with van der Waals surface area (Å²) in [7, 11) is 0. The monoisotopic (exact) mass is 253 g/mol. The first kappa shape index (κ1) is 11.4. The standard InChI is InChI=1S/C13H11N5O/c14-15-13(19)10-7-4-8-11-12(10)17-18(16-11)9-5-2-1-3-6-9/h1-8H,14H2,(H,15,19). The van der Waals surface area contributed by atoms with Crippen LogP contribution in [0.2, 0.25) is 0 Å². The Labute approximate surface area is 108 Å². The maximum absolute atomic E-state index is 11.7. The average Bonchev–Trinajstić information content (AvgIpc) is 2.91. The molecule has 0 unspecified atom stereocenters. The maximum atomic E-state index is 11.7. The molecule has 0 saturated carbocycles. The molecule has 1 aromatic heterocycles. The number of hydrogen-bond donors (Lipinski definition) is 2. The van der Waals surface area contributed by atoms with E-state index in [1.54, 1.807) is 18.2 Å². The second-order valence-corrected chi connectivity index (χ2v) is 3.97. The average molecular weight is 253 g/mol. The number of nitrogen functional groups attached to an aromatic ring is 1. The topological polar surface area (TPSA) is 85.8 Å². The molecule has 1 heterocycles. The summed E-state index contributed by atoms with van der Waals surface area (Å²) in [6.45, 7) is 0. The number of benzene rings is 2. The van der Waals surface area contributed by atoms with Crippen LogP contribution in [0.3, 0.4) is 0 Å². The fourth-order valence-electron chi connectivity index (χ4n) is 1.87. The minimum absolute atomic E-state index is 0.384. The van der Waals surface area contributed by atoms with Crippen LogP contribution in [-0.4, -0.2) is 20.9 Å². The van der Waals surface area contributed by atoms with Crippen molar-refractivity contribution in [3.63, 3.8) is 0 Å². The number of fused-ring (bicyclic) bond motifs is 1. The van der Waals surface area contributed by atoms with Gasteiger partial charge in [-0.05, 0) is 24.3 Å². The number of para-hydroxylation sites is 1. The third-order valence-corrected chi connectivity index (χ3v) is 2.77. The van der Waals surface area contributed by atoms with Gasteiger partial charge in [0, 0.05) is 0 Å².